The second-order valence-electron chi connectivity index (χ2n) is 9.78. The van der Waals surface area contributed by atoms with Crippen molar-refractivity contribution in [2.24, 2.45) is 0 Å². The van der Waals surface area contributed by atoms with Crippen molar-refractivity contribution in [3.05, 3.63) is 55.5 Å². The normalized spacial score (nSPS) is 29.5. The van der Waals surface area contributed by atoms with Gasteiger partial charge in [0.25, 0.3) is 5.85 Å². The molecule has 1 unspecified atom stereocenters. The Morgan fingerprint density at radius 1 is 1.30 bits per heavy atom. The topological polar surface area (TPSA) is 132 Å². The lowest BCUT2D eigenvalue weighted by Gasteiger charge is -2.31. The molecule has 0 saturated carbocycles. The number of hydrogen-bond donors (Lipinski definition) is 3. The maximum Gasteiger partial charge on any atom is 0.530 e. The van der Waals surface area contributed by atoms with Crippen molar-refractivity contribution in [1.29, 1.82) is 0 Å². The molecule has 0 radical (unpaired) electrons. The molecule has 2 aliphatic heterocycles. The van der Waals surface area contributed by atoms with Crippen molar-refractivity contribution in [3.8, 4) is 5.75 Å². The molecular formula is C23H29F2N2O8PS. The highest BCUT2D eigenvalue weighted by Crippen LogP contribution is 2.58. The van der Waals surface area contributed by atoms with E-state index in [1.54, 1.807) is 13.0 Å². The third-order valence-electron chi connectivity index (χ3n) is 6.39. The Hall–Kier alpha value is -1.99. The fourth-order valence-electron chi connectivity index (χ4n) is 4.21. The number of benzene rings is 1. The van der Waals surface area contributed by atoms with Crippen LogP contribution in [0.25, 0.3) is 0 Å². The highest BCUT2D eigenvalue weighted by Gasteiger charge is 2.58. The van der Waals surface area contributed by atoms with Crippen molar-refractivity contribution in [3.63, 3.8) is 0 Å². The second-order valence-corrected chi connectivity index (χ2v) is 11.8. The predicted molar refractivity (Wildman–Crippen MR) is 130 cm³/mol. The summed E-state index contributed by atoms with van der Waals surface area (Å²) in [5.41, 5.74) is 0.733. The van der Waals surface area contributed by atoms with Gasteiger partial charge in [-0.25, -0.2) is 18.1 Å². The summed E-state index contributed by atoms with van der Waals surface area (Å²) < 4.78 is 66.0. The molecule has 37 heavy (non-hydrogen) atoms. The molecule has 3 heterocycles. The van der Waals surface area contributed by atoms with E-state index in [9.17, 15) is 19.6 Å². The van der Waals surface area contributed by atoms with Crippen LogP contribution in [-0.4, -0.2) is 44.4 Å². The molecule has 1 aromatic carbocycles. The number of aryl methyl sites for hydroxylation is 1. The van der Waals surface area contributed by atoms with Gasteiger partial charge in [-0.3, -0.25) is 18.6 Å². The van der Waals surface area contributed by atoms with Crippen LogP contribution in [0.2, 0.25) is 0 Å². The molecule has 2 aromatic rings. The molecule has 10 nitrogen and oxygen atoms in total. The molecule has 0 spiro atoms. The molecule has 2 aliphatic rings. The van der Waals surface area contributed by atoms with Crippen LogP contribution in [0.15, 0.2) is 17.1 Å². The van der Waals surface area contributed by atoms with Gasteiger partial charge < -0.3 is 19.5 Å². The molecule has 4 rings (SSSR count). The van der Waals surface area contributed by atoms with Crippen molar-refractivity contribution in [2.45, 2.75) is 77.4 Å². The second kappa shape index (κ2) is 9.96. The first-order chi connectivity index (χ1) is 17.2. The first kappa shape index (κ1) is 28.0. The molecule has 1 fully saturated rings. The van der Waals surface area contributed by atoms with Gasteiger partial charge in [-0.15, -0.1) is 0 Å². The first-order valence-corrected chi connectivity index (χ1v) is 13.5. The lowest BCUT2D eigenvalue weighted by Crippen LogP contribution is -2.43. The zero-order chi connectivity index (χ0) is 27.4. The average Bonchev–Trinajstić information content (AvgIpc) is 3.04. The van der Waals surface area contributed by atoms with Gasteiger partial charge in [-0.1, -0.05) is 39.9 Å². The number of hydrogen-bond acceptors (Lipinski definition) is 9. The summed E-state index contributed by atoms with van der Waals surface area (Å²) in [6.45, 7) is 7.31. The molecule has 1 saturated heterocycles. The van der Waals surface area contributed by atoms with Crippen molar-refractivity contribution < 1.29 is 41.9 Å². The van der Waals surface area contributed by atoms with Gasteiger partial charge in [-0.2, -0.15) is 0 Å². The van der Waals surface area contributed by atoms with Crippen molar-refractivity contribution >= 4 is 20.0 Å². The smallest absolute Gasteiger partial charge is 0.403 e. The number of aliphatic hydroxyl groups excluding tert-OH is 2. The number of phosphoric ester groups is 1. The summed E-state index contributed by atoms with van der Waals surface area (Å²) >= 11 is 4.98. The number of aliphatic hydroxyl groups is 2. The number of phosphoric acid groups is 1. The molecule has 0 bridgehead atoms. The van der Waals surface area contributed by atoms with Crippen LogP contribution in [0.5, 0.6) is 5.75 Å². The maximum atomic E-state index is 15.6. The number of aromatic amines is 1. The van der Waals surface area contributed by atoms with E-state index in [2.05, 4.69) is 4.98 Å². The summed E-state index contributed by atoms with van der Waals surface area (Å²) in [6.07, 6.45) is -4.48. The van der Waals surface area contributed by atoms with Gasteiger partial charge in [0.15, 0.2) is 6.23 Å². The van der Waals surface area contributed by atoms with E-state index in [4.69, 9.17) is 30.5 Å². The SMILES string of the molecule is Cc1cn([C@@H]2O[C@](F)(COP3(=O)OCc4c(F)c(C(C)C)cc(C(C)C)c4O3)[C@@H](O)[C@H]2O)c(=O)[nH]c1=S. The van der Waals surface area contributed by atoms with E-state index in [0.717, 1.165) is 4.57 Å². The monoisotopic (exact) mass is 562 g/mol. The third-order valence-corrected chi connectivity index (χ3v) is 8.11. The van der Waals surface area contributed by atoms with Gasteiger partial charge in [-0.05, 0) is 36.0 Å². The highest BCUT2D eigenvalue weighted by molar-refractivity contribution is 7.71. The van der Waals surface area contributed by atoms with Gasteiger partial charge in [0.05, 0.1) is 12.2 Å². The Morgan fingerprint density at radius 2 is 1.95 bits per heavy atom. The molecule has 0 aliphatic carbocycles. The lowest BCUT2D eigenvalue weighted by atomic mass is 9.91. The number of nitrogens with zero attached hydrogens (tertiary/aromatic N) is 1. The summed E-state index contributed by atoms with van der Waals surface area (Å²) in [5.74, 6) is -3.92. The van der Waals surface area contributed by atoms with Crippen LogP contribution in [0.4, 0.5) is 8.78 Å². The Labute approximate surface area is 216 Å². The summed E-state index contributed by atoms with van der Waals surface area (Å²) in [7, 11) is -4.50. The van der Waals surface area contributed by atoms with Gasteiger partial charge in [0.2, 0.25) is 0 Å². The minimum absolute atomic E-state index is 0.00763. The number of rotatable bonds is 6. The fourth-order valence-corrected chi connectivity index (χ4v) is 5.59. The van der Waals surface area contributed by atoms with Crippen LogP contribution in [0.3, 0.4) is 0 Å². The van der Waals surface area contributed by atoms with E-state index < -0.39 is 56.8 Å². The predicted octanol–water partition coefficient (Wildman–Crippen LogP) is 4.25. The van der Waals surface area contributed by atoms with Crippen LogP contribution in [-0.2, 0) is 25.0 Å². The Balaban J connectivity index is 1.58. The maximum absolute atomic E-state index is 15.6. The van der Waals surface area contributed by atoms with Crippen molar-refractivity contribution in [2.75, 3.05) is 6.61 Å². The Morgan fingerprint density at radius 3 is 2.57 bits per heavy atom. The molecule has 5 atom stereocenters. The van der Waals surface area contributed by atoms with E-state index >= 15 is 8.78 Å². The summed E-state index contributed by atoms with van der Waals surface area (Å²) in [6, 6.07) is 1.63. The van der Waals surface area contributed by atoms with Crippen LogP contribution >= 0.6 is 20.0 Å². The fraction of sp³-hybridized carbons (Fsp3) is 0.565. The molecule has 14 heteroatoms. The number of alkyl halides is 1. The van der Waals surface area contributed by atoms with Crippen molar-refractivity contribution in [1.82, 2.24) is 9.55 Å². The quantitative estimate of drug-likeness (QED) is 0.349. The number of aromatic nitrogens is 2. The van der Waals surface area contributed by atoms with E-state index in [0.29, 0.717) is 16.7 Å². The number of H-pyrrole nitrogens is 1. The molecule has 0 amide bonds. The Bertz CT molecular complexity index is 1380. The molecule has 3 N–H and O–H groups in total. The molecule has 1 aromatic heterocycles. The minimum Gasteiger partial charge on any atom is -0.403 e. The zero-order valence-electron chi connectivity index (χ0n) is 20.9. The van der Waals surface area contributed by atoms with Gasteiger partial charge in [0, 0.05) is 11.8 Å². The van der Waals surface area contributed by atoms with E-state index in [-0.39, 0.29) is 27.8 Å². The first-order valence-electron chi connectivity index (χ1n) is 11.7. The summed E-state index contributed by atoms with van der Waals surface area (Å²) in [4.78, 5) is 14.7. The molecule has 204 valence electrons. The van der Waals surface area contributed by atoms with Crippen LogP contribution in [0, 0.1) is 17.4 Å². The minimum atomic E-state index is -4.50. The average molecular weight is 563 g/mol. The number of ether oxygens (including phenoxy) is 1. The van der Waals surface area contributed by atoms with Crippen LogP contribution in [0.1, 0.15) is 68.0 Å². The number of fused-ring (bicyclic) bond motifs is 1. The van der Waals surface area contributed by atoms with Crippen LogP contribution < -0.4 is 10.2 Å². The van der Waals surface area contributed by atoms with Gasteiger partial charge in [0.1, 0.15) is 35.0 Å². The third kappa shape index (κ3) is 5.06. The number of nitrogens with one attached hydrogen (secondary N) is 1. The number of halogens is 2. The highest BCUT2D eigenvalue weighted by atomic mass is 32.1. The zero-order valence-corrected chi connectivity index (χ0v) is 22.6. The Kier molecular flexibility index (Phi) is 7.54. The van der Waals surface area contributed by atoms with E-state index in [1.165, 1.54) is 6.20 Å². The largest absolute Gasteiger partial charge is 0.530 e. The molecular weight excluding hydrogens is 533 g/mol. The van der Waals surface area contributed by atoms with E-state index in [1.807, 2.05) is 27.7 Å². The summed E-state index contributed by atoms with van der Waals surface area (Å²) in [5, 5.41) is 20.8. The van der Waals surface area contributed by atoms with Gasteiger partial charge >= 0.3 is 13.5 Å². The lowest BCUT2D eigenvalue weighted by molar-refractivity contribution is -0.205. The standard InChI is InChI=1S/C23H29F2N2O8PS/c1-10(2)13-6-14(11(3)4)18-15(16(13)24)8-32-36(31,35-18)33-9-23(25)19(29)17(28)21(34-23)27-7-12(5)20(37)26-22(27)30/h6-7,10-11,17,19,21,28-29H,8-9H2,1-5H3,(H,26,30,37)/t17-,19+,21-,23-,36?/m1/s1.